The van der Waals surface area contributed by atoms with E-state index in [-0.39, 0.29) is 18.6 Å². The minimum absolute atomic E-state index is 0.00894. The first-order valence-electron chi connectivity index (χ1n) is 7.88. The van der Waals surface area contributed by atoms with Gasteiger partial charge >= 0.3 is 0 Å². The number of guanidine groups is 1. The summed E-state index contributed by atoms with van der Waals surface area (Å²) in [6.07, 6.45) is 2.42. The van der Waals surface area contributed by atoms with Crippen molar-refractivity contribution >= 4 is 23.2 Å². The van der Waals surface area contributed by atoms with Crippen LogP contribution in [0.5, 0.6) is 0 Å². The molecule has 1 atom stereocenters. The van der Waals surface area contributed by atoms with Gasteiger partial charge in [0.15, 0.2) is 5.96 Å². The summed E-state index contributed by atoms with van der Waals surface area (Å²) in [4.78, 5) is 19.9. The van der Waals surface area contributed by atoms with Gasteiger partial charge in [-0.3, -0.25) is 4.79 Å². The third-order valence-corrected chi connectivity index (χ3v) is 4.47. The van der Waals surface area contributed by atoms with E-state index in [9.17, 15) is 4.79 Å². The van der Waals surface area contributed by atoms with E-state index in [1.54, 1.807) is 30.3 Å². The molecule has 1 aliphatic rings. The van der Waals surface area contributed by atoms with Crippen LogP contribution < -0.4 is 5.32 Å². The maximum atomic E-state index is 11.8. The second-order valence-corrected chi connectivity index (χ2v) is 6.71. The molecule has 23 heavy (non-hydrogen) atoms. The topological polar surface area (TPSA) is 57.2 Å². The van der Waals surface area contributed by atoms with Crippen LogP contribution in [0.3, 0.4) is 0 Å². The van der Waals surface area contributed by atoms with E-state index in [0.717, 1.165) is 38.5 Å². The fraction of sp³-hybridized carbons (Fsp3) is 0.625. The molecule has 1 fully saturated rings. The van der Waals surface area contributed by atoms with Crippen LogP contribution in [0.1, 0.15) is 18.4 Å². The standard InChI is InChI=1S/C16H26N4O2S/c1-19(2)15(21)10-18-16(17-9-14-5-4-7-22-14)20(3)11-13-6-8-23-12-13/h6,8,12,14H,4-5,7,9-11H2,1-3H3,(H,17,18). The monoisotopic (exact) mass is 338 g/mol. The Balaban J connectivity index is 1.96. The van der Waals surface area contributed by atoms with Crippen molar-refractivity contribution in [2.45, 2.75) is 25.5 Å². The first-order valence-corrected chi connectivity index (χ1v) is 8.83. The molecule has 0 aliphatic carbocycles. The number of nitrogens with zero attached hydrogens (tertiary/aromatic N) is 3. The van der Waals surface area contributed by atoms with Crippen LogP contribution in [0.4, 0.5) is 0 Å². The Morgan fingerprint density at radius 3 is 2.91 bits per heavy atom. The molecule has 0 spiro atoms. The zero-order valence-electron chi connectivity index (χ0n) is 14.1. The number of aliphatic imine (C=N–C) groups is 1. The molecule has 1 amide bonds. The molecule has 1 unspecified atom stereocenters. The van der Waals surface area contributed by atoms with Crippen LogP contribution in [0.2, 0.25) is 0 Å². The van der Waals surface area contributed by atoms with Crippen molar-refractivity contribution < 1.29 is 9.53 Å². The first kappa shape index (κ1) is 17.7. The lowest BCUT2D eigenvalue weighted by Crippen LogP contribution is -2.42. The molecular weight excluding hydrogens is 312 g/mol. The van der Waals surface area contributed by atoms with Gasteiger partial charge in [0.05, 0.1) is 6.10 Å². The van der Waals surface area contributed by atoms with E-state index < -0.39 is 0 Å². The largest absolute Gasteiger partial charge is 0.376 e. The Kier molecular flexibility index (Phi) is 6.85. The molecule has 1 aliphatic heterocycles. The summed E-state index contributed by atoms with van der Waals surface area (Å²) >= 11 is 1.68. The molecule has 2 heterocycles. The zero-order valence-corrected chi connectivity index (χ0v) is 14.9. The molecule has 0 bridgehead atoms. The van der Waals surface area contributed by atoms with Crippen LogP contribution in [0.25, 0.3) is 0 Å². The van der Waals surface area contributed by atoms with Gasteiger partial charge in [-0.1, -0.05) is 0 Å². The number of thiophene rings is 1. The molecule has 0 aromatic carbocycles. The Labute approximate surface area is 142 Å². The van der Waals surface area contributed by atoms with Gasteiger partial charge in [-0.2, -0.15) is 11.3 Å². The Hall–Kier alpha value is -1.60. The Morgan fingerprint density at radius 1 is 1.48 bits per heavy atom. The lowest BCUT2D eigenvalue weighted by molar-refractivity contribution is -0.127. The lowest BCUT2D eigenvalue weighted by Gasteiger charge is -2.23. The molecule has 1 aromatic rings. The number of hydrogen-bond donors (Lipinski definition) is 1. The molecule has 2 rings (SSSR count). The normalized spacial score (nSPS) is 18.0. The number of likely N-dealkylation sites (N-methyl/N-ethyl adjacent to an activating group) is 1. The fourth-order valence-corrected chi connectivity index (χ4v) is 3.00. The number of rotatable bonds is 6. The van der Waals surface area contributed by atoms with Crippen molar-refractivity contribution in [1.29, 1.82) is 0 Å². The number of carbonyl (C=O) groups excluding carboxylic acids is 1. The molecule has 0 radical (unpaired) electrons. The summed E-state index contributed by atoms with van der Waals surface area (Å²) < 4.78 is 5.64. The maximum absolute atomic E-state index is 11.8. The zero-order chi connectivity index (χ0) is 16.7. The molecule has 7 heteroatoms. The second kappa shape index (κ2) is 8.88. The number of amides is 1. The van der Waals surface area contributed by atoms with Gasteiger partial charge in [-0.05, 0) is 35.2 Å². The third kappa shape index (κ3) is 5.84. The summed E-state index contributed by atoms with van der Waals surface area (Å²) in [5.41, 5.74) is 1.24. The quantitative estimate of drug-likeness (QED) is 0.629. The van der Waals surface area contributed by atoms with E-state index in [0.29, 0.717) is 0 Å². The van der Waals surface area contributed by atoms with Gasteiger partial charge in [0.2, 0.25) is 5.91 Å². The highest BCUT2D eigenvalue weighted by Gasteiger charge is 2.17. The lowest BCUT2D eigenvalue weighted by atomic mass is 10.2. The first-order chi connectivity index (χ1) is 11.1. The van der Waals surface area contributed by atoms with Crippen molar-refractivity contribution in [2.24, 2.45) is 4.99 Å². The van der Waals surface area contributed by atoms with E-state index in [1.807, 2.05) is 11.9 Å². The van der Waals surface area contributed by atoms with Gasteiger partial charge in [0, 0.05) is 40.8 Å². The summed E-state index contributed by atoms with van der Waals surface area (Å²) in [6.45, 7) is 2.47. The second-order valence-electron chi connectivity index (χ2n) is 5.93. The van der Waals surface area contributed by atoms with Crippen molar-refractivity contribution in [2.75, 3.05) is 40.8 Å². The van der Waals surface area contributed by atoms with Crippen molar-refractivity contribution in [1.82, 2.24) is 15.1 Å². The minimum atomic E-state index is -0.00894. The van der Waals surface area contributed by atoms with Gasteiger partial charge in [-0.15, -0.1) is 0 Å². The van der Waals surface area contributed by atoms with Crippen LogP contribution in [-0.2, 0) is 16.1 Å². The highest BCUT2D eigenvalue weighted by Crippen LogP contribution is 2.11. The van der Waals surface area contributed by atoms with Crippen LogP contribution in [0.15, 0.2) is 21.8 Å². The van der Waals surface area contributed by atoms with Crippen molar-refractivity contribution in [3.05, 3.63) is 22.4 Å². The molecule has 128 valence electrons. The molecular formula is C16H26N4O2S. The Morgan fingerprint density at radius 2 is 2.30 bits per heavy atom. The summed E-state index contributed by atoms with van der Waals surface area (Å²) in [7, 11) is 5.47. The van der Waals surface area contributed by atoms with Crippen LogP contribution in [0, 0.1) is 0 Å². The number of ether oxygens (including phenoxy) is 1. The Bertz CT molecular complexity index is 510. The molecule has 0 saturated carbocycles. The van der Waals surface area contributed by atoms with E-state index in [4.69, 9.17) is 4.74 Å². The van der Waals surface area contributed by atoms with Gasteiger partial charge in [0.25, 0.3) is 0 Å². The van der Waals surface area contributed by atoms with Gasteiger partial charge in [-0.25, -0.2) is 4.99 Å². The average Bonchev–Trinajstić information content (AvgIpc) is 3.20. The highest BCUT2D eigenvalue weighted by atomic mass is 32.1. The van der Waals surface area contributed by atoms with E-state index in [1.165, 1.54) is 5.56 Å². The highest BCUT2D eigenvalue weighted by molar-refractivity contribution is 7.07. The fourth-order valence-electron chi connectivity index (χ4n) is 2.34. The average molecular weight is 338 g/mol. The third-order valence-electron chi connectivity index (χ3n) is 3.74. The van der Waals surface area contributed by atoms with Gasteiger partial charge in [0.1, 0.15) is 6.54 Å². The number of carbonyl (C=O) groups is 1. The predicted molar refractivity (Wildman–Crippen MR) is 93.8 cm³/mol. The van der Waals surface area contributed by atoms with E-state index >= 15 is 0 Å². The molecule has 1 saturated heterocycles. The van der Waals surface area contributed by atoms with Gasteiger partial charge < -0.3 is 19.9 Å². The smallest absolute Gasteiger partial charge is 0.243 e. The summed E-state index contributed by atoms with van der Waals surface area (Å²) in [5.74, 6) is 0.729. The molecule has 1 aromatic heterocycles. The number of hydrogen-bond acceptors (Lipinski definition) is 4. The minimum Gasteiger partial charge on any atom is -0.376 e. The molecule has 6 nitrogen and oxygen atoms in total. The van der Waals surface area contributed by atoms with Crippen LogP contribution in [-0.4, -0.2) is 68.6 Å². The van der Waals surface area contributed by atoms with E-state index in [2.05, 4.69) is 27.1 Å². The summed E-state index contributed by atoms with van der Waals surface area (Å²) in [5, 5.41) is 7.54. The van der Waals surface area contributed by atoms with Crippen molar-refractivity contribution in [3.63, 3.8) is 0 Å². The SMILES string of the molecule is CN(C)C(=O)CN=C(NCC1CCCO1)N(C)Cc1ccsc1. The van der Waals surface area contributed by atoms with Crippen LogP contribution >= 0.6 is 11.3 Å². The number of nitrogens with one attached hydrogen (secondary N) is 1. The maximum Gasteiger partial charge on any atom is 0.243 e. The molecule has 1 N–H and O–H groups in total. The van der Waals surface area contributed by atoms with Crippen molar-refractivity contribution in [3.8, 4) is 0 Å². The summed E-state index contributed by atoms with van der Waals surface area (Å²) in [6, 6.07) is 2.10. The predicted octanol–water partition coefficient (Wildman–Crippen LogP) is 1.39.